The number of piperidine rings is 1. The highest BCUT2D eigenvalue weighted by molar-refractivity contribution is 5.68. The molecule has 1 saturated heterocycles. The number of amides is 1. The molecule has 1 aliphatic rings. The van der Waals surface area contributed by atoms with Gasteiger partial charge in [0.2, 0.25) is 0 Å². The molecule has 0 aliphatic carbocycles. The largest absolute Gasteiger partial charge is 0.497 e. The first-order valence-electron chi connectivity index (χ1n) is 12.4. The van der Waals surface area contributed by atoms with Crippen molar-refractivity contribution in [3.63, 3.8) is 0 Å². The Hall–Kier alpha value is -3.68. The van der Waals surface area contributed by atoms with Crippen molar-refractivity contribution < 1.29 is 23.0 Å². The number of rotatable bonds is 6. The smallest absolute Gasteiger partial charge is 0.410 e. The van der Waals surface area contributed by atoms with E-state index < -0.39 is 17.2 Å². The van der Waals surface area contributed by atoms with Gasteiger partial charge in [0.15, 0.2) is 11.6 Å². The van der Waals surface area contributed by atoms with Crippen molar-refractivity contribution in [2.75, 3.05) is 25.1 Å². The maximum Gasteiger partial charge on any atom is 0.410 e. The van der Waals surface area contributed by atoms with Gasteiger partial charge >= 0.3 is 6.09 Å². The number of aromatic nitrogens is 1. The molecule has 0 N–H and O–H groups in total. The molecule has 0 radical (unpaired) electrons. The summed E-state index contributed by atoms with van der Waals surface area (Å²) >= 11 is 0. The maximum absolute atomic E-state index is 13.8. The molecule has 37 heavy (non-hydrogen) atoms. The molecule has 2 aromatic carbocycles. The van der Waals surface area contributed by atoms with Crippen molar-refractivity contribution in [1.82, 2.24) is 9.88 Å². The van der Waals surface area contributed by atoms with Crippen molar-refractivity contribution in [2.24, 2.45) is 0 Å². The standard InChI is InChI=1S/C29H33F2N3O3/c1-29(2,3)37-28(35)33-15-12-23(13-16-33)34(22-6-8-24(36-4)9-7-22)19-20-11-14-32-27(17-20)21-5-10-25(30)26(31)18-21/h5-11,14,17-18,23H,12-13,15-16,19H2,1-4H3. The zero-order valence-corrected chi connectivity index (χ0v) is 21.7. The summed E-state index contributed by atoms with van der Waals surface area (Å²) in [6.07, 6.45) is 2.97. The number of likely N-dealkylation sites (tertiary alicyclic amines) is 1. The van der Waals surface area contributed by atoms with Crippen LogP contribution in [0.4, 0.5) is 19.3 Å². The number of methoxy groups -OCH3 is 1. The summed E-state index contributed by atoms with van der Waals surface area (Å²) in [7, 11) is 1.63. The van der Waals surface area contributed by atoms with Crippen LogP contribution in [0.2, 0.25) is 0 Å². The summed E-state index contributed by atoms with van der Waals surface area (Å²) in [6, 6.07) is 15.7. The molecule has 0 atom stereocenters. The fourth-order valence-corrected chi connectivity index (χ4v) is 4.47. The van der Waals surface area contributed by atoms with Gasteiger partial charge in [-0.2, -0.15) is 0 Å². The third-order valence-corrected chi connectivity index (χ3v) is 6.35. The third-order valence-electron chi connectivity index (χ3n) is 6.35. The van der Waals surface area contributed by atoms with Crippen molar-refractivity contribution in [3.8, 4) is 17.0 Å². The Labute approximate surface area is 216 Å². The van der Waals surface area contributed by atoms with Gasteiger partial charge in [-0.1, -0.05) is 0 Å². The van der Waals surface area contributed by atoms with Crippen LogP contribution < -0.4 is 9.64 Å². The second-order valence-corrected chi connectivity index (χ2v) is 10.2. The molecule has 6 nitrogen and oxygen atoms in total. The molecular weight excluding hydrogens is 476 g/mol. The molecule has 196 valence electrons. The number of carbonyl (C=O) groups excluding carboxylic acids is 1. The molecule has 1 aliphatic heterocycles. The number of carbonyl (C=O) groups is 1. The Kier molecular flexibility index (Phi) is 7.95. The fraction of sp³-hybridized carbons (Fsp3) is 0.379. The third kappa shape index (κ3) is 6.76. The van der Waals surface area contributed by atoms with Crippen LogP contribution in [0.5, 0.6) is 5.75 Å². The van der Waals surface area contributed by atoms with E-state index in [1.54, 1.807) is 18.2 Å². The number of nitrogens with zero attached hydrogens (tertiary/aromatic N) is 3. The average Bonchev–Trinajstić information content (AvgIpc) is 2.88. The Morgan fingerprint density at radius 1 is 1.03 bits per heavy atom. The highest BCUT2D eigenvalue weighted by Crippen LogP contribution is 2.29. The average molecular weight is 510 g/mol. The van der Waals surface area contributed by atoms with Crippen molar-refractivity contribution in [1.29, 1.82) is 0 Å². The number of halogens is 2. The fourth-order valence-electron chi connectivity index (χ4n) is 4.47. The lowest BCUT2D eigenvalue weighted by Crippen LogP contribution is -2.48. The van der Waals surface area contributed by atoms with E-state index in [1.165, 1.54) is 6.07 Å². The number of hydrogen-bond acceptors (Lipinski definition) is 5. The normalized spacial score (nSPS) is 14.4. The Bertz CT molecular complexity index is 1220. The Balaban J connectivity index is 1.55. The van der Waals surface area contributed by atoms with Crippen LogP contribution in [0.3, 0.4) is 0 Å². The lowest BCUT2D eigenvalue weighted by molar-refractivity contribution is 0.0204. The van der Waals surface area contributed by atoms with E-state index in [4.69, 9.17) is 9.47 Å². The van der Waals surface area contributed by atoms with Crippen LogP contribution in [-0.2, 0) is 11.3 Å². The first-order valence-corrected chi connectivity index (χ1v) is 12.4. The molecule has 0 spiro atoms. The molecule has 1 fully saturated rings. The monoisotopic (exact) mass is 509 g/mol. The summed E-state index contributed by atoms with van der Waals surface area (Å²) in [5.74, 6) is -1.02. The van der Waals surface area contributed by atoms with E-state index in [0.717, 1.165) is 42.0 Å². The molecule has 0 unspecified atom stereocenters. The highest BCUT2D eigenvalue weighted by Gasteiger charge is 2.30. The molecule has 2 heterocycles. The second kappa shape index (κ2) is 11.2. The minimum absolute atomic E-state index is 0.187. The van der Waals surface area contributed by atoms with E-state index in [9.17, 15) is 13.6 Å². The highest BCUT2D eigenvalue weighted by atomic mass is 19.2. The van der Waals surface area contributed by atoms with Gasteiger partial charge in [0.1, 0.15) is 11.4 Å². The van der Waals surface area contributed by atoms with Gasteiger partial charge in [0.05, 0.1) is 12.8 Å². The first-order chi connectivity index (χ1) is 17.6. The molecule has 1 amide bonds. The molecule has 3 aromatic rings. The zero-order valence-electron chi connectivity index (χ0n) is 21.7. The minimum Gasteiger partial charge on any atom is -0.497 e. The first kappa shape index (κ1) is 26.4. The lowest BCUT2D eigenvalue weighted by atomic mass is 10.0. The summed E-state index contributed by atoms with van der Waals surface area (Å²) in [5, 5.41) is 0. The predicted molar refractivity (Wildman–Crippen MR) is 140 cm³/mol. The molecular formula is C29H33F2N3O3. The lowest BCUT2D eigenvalue weighted by Gasteiger charge is -2.40. The van der Waals surface area contributed by atoms with E-state index >= 15 is 0 Å². The maximum atomic E-state index is 13.8. The van der Waals surface area contributed by atoms with Gasteiger partial charge in [-0.3, -0.25) is 4.98 Å². The van der Waals surface area contributed by atoms with Gasteiger partial charge in [-0.15, -0.1) is 0 Å². The summed E-state index contributed by atoms with van der Waals surface area (Å²) in [5.41, 5.74) is 2.58. The van der Waals surface area contributed by atoms with E-state index in [1.807, 2.05) is 57.2 Å². The zero-order chi connectivity index (χ0) is 26.6. The van der Waals surface area contributed by atoms with Crippen molar-refractivity contribution in [3.05, 3.63) is 78.0 Å². The van der Waals surface area contributed by atoms with Crippen molar-refractivity contribution >= 4 is 11.8 Å². The number of benzene rings is 2. The van der Waals surface area contributed by atoms with Crippen LogP contribution in [-0.4, -0.2) is 47.8 Å². The van der Waals surface area contributed by atoms with Gasteiger partial charge in [0.25, 0.3) is 0 Å². The molecule has 8 heteroatoms. The summed E-state index contributed by atoms with van der Waals surface area (Å²) in [6.45, 7) is 7.39. The molecule has 0 saturated carbocycles. The van der Waals surface area contributed by atoms with E-state index in [-0.39, 0.29) is 12.1 Å². The van der Waals surface area contributed by atoms with Gasteiger partial charge in [-0.25, -0.2) is 13.6 Å². The number of anilines is 1. The van der Waals surface area contributed by atoms with Gasteiger partial charge in [-0.05, 0) is 93.8 Å². The van der Waals surface area contributed by atoms with Gasteiger partial charge in [0, 0.05) is 43.1 Å². The van der Waals surface area contributed by atoms with Crippen molar-refractivity contribution in [2.45, 2.75) is 51.8 Å². The SMILES string of the molecule is COc1ccc(N(Cc2ccnc(-c3ccc(F)c(F)c3)c2)C2CCN(C(=O)OC(C)(C)C)CC2)cc1. The summed E-state index contributed by atoms with van der Waals surface area (Å²) in [4.78, 5) is 21.0. The predicted octanol–water partition coefficient (Wildman–Crippen LogP) is 6.44. The van der Waals surface area contributed by atoms with Crippen LogP contribution in [0.15, 0.2) is 60.8 Å². The Morgan fingerprint density at radius 2 is 1.73 bits per heavy atom. The van der Waals surface area contributed by atoms with Crippen LogP contribution in [0.1, 0.15) is 39.2 Å². The van der Waals surface area contributed by atoms with Crippen LogP contribution in [0.25, 0.3) is 11.3 Å². The summed E-state index contributed by atoms with van der Waals surface area (Å²) < 4.78 is 38.1. The van der Waals surface area contributed by atoms with E-state index in [2.05, 4.69) is 9.88 Å². The van der Waals surface area contributed by atoms with E-state index in [0.29, 0.717) is 30.9 Å². The molecule has 1 aromatic heterocycles. The molecule has 0 bridgehead atoms. The number of pyridine rings is 1. The second-order valence-electron chi connectivity index (χ2n) is 10.2. The molecule has 4 rings (SSSR count). The van der Waals surface area contributed by atoms with Crippen LogP contribution >= 0.6 is 0 Å². The van der Waals surface area contributed by atoms with Crippen LogP contribution in [0, 0.1) is 11.6 Å². The van der Waals surface area contributed by atoms with Gasteiger partial charge < -0.3 is 19.3 Å². The minimum atomic E-state index is -0.902. The quantitative estimate of drug-likeness (QED) is 0.383. The Morgan fingerprint density at radius 3 is 2.35 bits per heavy atom. The number of hydrogen-bond donors (Lipinski definition) is 0. The topological polar surface area (TPSA) is 54.9 Å². The number of ether oxygens (including phenoxy) is 2.